The minimum atomic E-state index is -0.910. The number of carbonyl (C=O) groups is 1. The fraction of sp³-hybridized carbons (Fsp3) is 0.462. The fourth-order valence-electron chi connectivity index (χ4n) is 1.26. The van der Waals surface area contributed by atoms with Crippen molar-refractivity contribution in [2.24, 2.45) is 0 Å². The Morgan fingerprint density at radius 1 is 1.29 bits per heavy atom. The average molecular weight is 254 g/mol. The second-order valence-electron chi connectivity index (χ2n) is 3.64. The second kappa shape index (κ2) is 8.01. The number of ether oxygens (including phenoxy) is 1. The molecule has 0 unspecified atom stereocenters. The van der Waals surface area contributed by atoms with Crippen molar-refractivity contribution in [3.05, 3.63) is 29.8 Å². The number of benzene rings is 1. The summed E-state index contributed by atoms with van der Waals surface area (Å²) in [7, 11) is 0. The SMILES string of the molecule is CCCCSCCOc1ccc(C(=O)O)cc1. The van der Waals surface area contributed by atoms with Gasteiger partial charge in [-0.2, -0.15) is 11.8 Å². The highest BCUT2D eigenvalue weighted by Gasteiger charge is 2.01. The molecule has 3 nitrogen and oxygen atoms in total. The van der Waals surface area contributed by atoms with Crippen molar-refractivity contribution in [2.75, 3.05) is 18.1 Å². The maximum atomic E-state index is 10.6. The van der Waals surface area contributed by atoms with E-state index in [1.54, 1.807) is 24.3 Å². The summed E-state index contributed by atoms with van der Waals surface area (Å²) in [5.74, 6) is 1.97. The zero-order valence-electron chi connectivity index (χ0n) is 10.0. The average Bonchev–Trinajstić information content (AvgIpc) is 2.34. The molecule has 0 aromatic heterocycles. The predicted octanol–water partition coefficient (Wildman–Crippen LogP) is 3.30. The minimum absolute atomic E-state index is 0.287. The van der Waals surface area contributed by atoms with Crippen LogP contribution in [0, 0.1) is 0 Å². The number of rotatable bonds is 8. The molecule has 1 aromatic rings. The van der Waals surface area contributed by atoms with Gasteiger partial charge < -0.3 is 9.84 Å². The monoisotopic (exact) mass is 254 g/mol. The Morgan fingerprint density at radius 3 is 2.59 bits per heavy atom. The first-order valence-electron chi connectivity index (χ1n) is 5.78. The van der Waals surface area contributed by atoms with Gasteiger partial charge in [-0.3, -0.25) is 0 Å². The zero-order chi connectivity index (χ0) is 12.5. The van der Waals surface area contributed by atoms with Gasteiger partial charge >= 0.3 is 5.97 Å². The molecule has 0 fully saturated rings. The molecule has 1 rings (SSSR count). The fourth-order valence-corrected chi connectivity index (χ4v) is 2.16. The highest BCUT2D eigenvalue weighted by atomic mass is 32.2. The third-order valence-electron chi connectivity index (χ3n) is 2.24. The second-order valence-corrected chi connectivity index (χ2v) is 4.87. The van der Waals surface area contributed by atoms with E-state index in [4.69, 9.17) is 9.84 Å². The van der Waals surface area contributed by atoms with E-state index in [0.29, 0.717) is 6.61 Å². The van der Waals surface area contributed by atoms with Crippen LogP contribution >= 0.6 is 11.8 Å². The molecule has 1 aromatic carbocycles. The number of hydrogen-bond donors (Lipinski definition) is 1. The number of unbranched alkanes of at least 4 members (excludes halogenated alkanes) is 1. The van der Waals surface area contributed by atoms with Gasteiger partial charge in [0.05, 0.1) is 12.2 Å². The highest BCUT2D eigenvalue weighted by molar-refractivity contribution is 7.99. The minimum Gasteiger partial charge on any atom is -0.493 e. The Morgan fingerprint density at radius 2 is 2.00 bits per heavy atom. The van der Waals surface area contributed by atoms with Crippen LogP contribution in [0.3, 0.4) is 0 Å². The van der Waals surface area contributed by atoms with Crippen LogP contribution in [0.1, 0.15) is 30.1 Å². The number of thioether (sulfide) groups is 1. The van der Waals surface area contributed by atoms with Crippen molar-refractivity contribution in [3.8, 4) is 5.75 Å². The Bertz CT molecular complexity index is 335. The van der Waals surface area contributed by atoms with Crippen molar-refractivity contribution in [1.29, 1.82) is 0 Å². The molecule has 4 heteroatoms. The largest absolute Gasteiger partial charge is 0.493 e. The van der Waals surface area contributed by atoms with Gasteiger partial charge in [0.1, 0.15) is 5.75 Å². The Kier molecular flexibility index (Phi) is 6.55. The molecule has 17 heavy (non-hydrogen) atoms. The smallest absolute Gasteiger partial charge is 0.335 e. The van der Waals surface area contributed by atoms with E-state index < -0.39 is 5.97 Å². The molecular weight excluding hydrogens is 236 g/mol. The number of carboxylic acids is 1. The Balaban J connectivity index is 2.21. The van der Waals surface area contributed by atoms with Crippen molar-refractivity contribution < 1.29 is 14.6 Å². The van der Waals surface area contributed by atoms with Gasteiger partial charge in [0.15, 0.2) is 0 Å². The summed E-state index contributed by atoms with van der Waals surface area (Å²) in [5, 5.41) is 8.73. The molecule has 0 heterocycles. The third kappa shape index (κ3) is 5.63. The van der Waals surface area contributed by atoms with Crippen LogP contribution in [0.15, 0.2) is 24.3 Å². The normalized spacial score (nSPS) is 10.2. The summed E-state index contributed by atoms with van der Waals surface area (Å²) in [5.41, 5.74) is 0.287. The molecular formula is C13H18O3S. The van der Waals surface area contributed by atoms with Crippen LogP contribution in [0.5, 0.6) is 5.75 Å². The van der Waals surface area contributed by atoms with Gasteiger partial charge in [-0.15, -0.1) is 0 Å². The first-order valence-corrected chi connectivity index (χ1v) is 6.93. The third-order valence-corrected chi connectivity index (χ3v) is 3.27. The summed E-state index contributed by atoms with van der Waals surface area (Å²) < 4.78 is 5.51. The Hall–Kier alpha value is -1.16. The lowest BCUT2D eigenvalue weighted by Crippen LogP contribution is -2.01. The van der Waals surface area contributed by atoms with E-state index in [1.807, 2.05) is 11.8 Å². The molecule has 0 aliphatic heterocycles. The van der Waals surface area contributed by atoms with Gasteiger partial charge in [0.25, 0.3) is 0 Å². The molecule has 94 valence electrons. The first kappa shape index (κ1) is 13.9. The molecule has 0 spiro atoms. The van der Waals surface area contributed by atoms with E-state index >= 15 is 0 Å². The summed E-state index contributed by atoms with van der Waals surface area (Å²) in [4.78, 5) is 10.6. The summed E-state index contributed by atoms with van der Waals surface area (Å²) in [6, 6.07) is 6.50. The molecule has 0 atom stereocenters. The van der Waals surface area contributed by atoms with Crippen molar-refractivity contribution >= 4 is 17.7 Å². The topological polar surface area (TPSA) is 46.5 Å². The van der Waals surface area contributed by atoms with Crippen molar-refractivity contribution in [2.45, 2.75) is 19.8 Å². The van der Waals surface area contributed by atoms with E-state index in [-0.39, 0.29) is 5.56 Å². The lowest BCUT2D eigenvalue weighted by Gasteiger charge is -2.06. The zero-order valence-corrected chi connectivity index (χ0v) is 10.8. The van der Waals surface area contributed by atoms with E-state index in [9.17, 15) is 4.79 Å². The van der Waals surface area contributed by atoms with E-state index in [1.165, 1.54) is 18.6 Å². The highest BCUT2D eigenvalue weighted by Crippen LogP contribution is 2.13. The van der Waals surface area contributed by atoms with Crippen LogP contribution in [-0.4, -0.2) is 29.2 Å². The lowest BCUT2D eigenvalue weighted by molar-refractivity contribution is 0.0697. The van der Waals surface area contributed by atoms with Crippen LogP contribution in [0.4, 0.5) is 0 Å². The van der Waals surface area contributed by atoms with Gasteiger partial charge in [0, 0.05) is 5.75 Å². The van der Waals surface area contributed by atoms with Crippen molar-refractivity contribution in [1.82, 2.24) is 0 Å². The maximum Gasteiger partial charge on any atom is 0.335 e. The summed E-state index contributed by atoms with van der Waals surface area (Å²) in [6.07, 6.45) is 2.47. The molecule has 0 aliphatic carbocycles. The predicted molar refractivity (Wildman–Crippen MR) is 71.1 cm³/mol. The molecule has 0 saturated heterocycles. The van der Waals surface area contributed by atoms with Gasteiger partial charge in [0.2, 0.25) is 0 Å². The standard InChI is InChI=1S/C13H18O3S/c1-2-3-9-17-10-8-16-12-6-4-11(5-7-12)13(14)15/h4-7H,2-3,8-10H2,1H3,(H,14,15). The van der Waals surface area contributed by atoms with Crippen LogP contribution < -0.4 is 4.74 Å². The van der Waals surface area contributed by atoms with E-state index in [0.717, 1.165) is 11.5 Å². The van der Waals surface area contributed by atoms with Gasteiger partial charge in [-0.1, -0.05) is 13.3 Å². The number of aromatic carboxylic acids is 1. The van der Waals surface area contributed by atoms with E-state index in [2.05, 4.69) is 6.92 Å². The van der Waals surface area contributed by atoms with Gasteiger partial charge in [-0.25, -0.2) is 4.79 Å². The van der Waals surface area contributed by atoms with Gasteiger partial charge in [-0.05, 0) is 36.4 Å². The summed E-state index contributed by atoms with van der Waals surface area (Å²) >= 11 is 1.89. The number of carboxylic acid groups (broad SMARTS) is 1. The molecule has 0 aliphatic rings. The quantitative estimate of drug-likeness (QED) is 0.723. The molecule has 0 saturated carbocycles. The Labute approximate surface area is 106 Å². The van der Waals surface area contributed by atoms with Crippen LogP contribution in [0.2, 0.25) is 0 Å². The number of hydrogen-bond acceptors (Lipinski definition) is 3. The van der Waals surface area contributed by atoms with Crippen LogP contribution in [0.25, 0.3) is 0 Å². The van der Waals surface area contributed by atoms with Crippen molar-refractivity contribution in [3.63, 3.8) is 0 Å². The molecule has 1 N–H and O–H groups in total. The summed E-state index contributed by atoms with van der Waals surface area (Å²) in [6.45, 7) is 2.85. The lowest BCUT2D eigenvalue weighted by atomic mass is 10.2. The van der Waals surface area contributed by atoms with Crippen LogP contribution in [-0.2, 0) is 0 Å². The first-order chi connectivity index (χ1) is 8.24. The molecule has 0 amide bonds. The molecule has 0 bridgehead atoms. The maximum absolute atomic E-state index is 10.6. The molecule has 0 radical (unpaired) electrons.